The molecule has 0 saturated heterocycles. The molecule has 118 valence electrons. The van der Waals surface area contributed by atoms with Crippen LogP contribution in [0, 0.1) is 0 Å². The molecule has 2 aromatic rings. The van der Waals surface area contributed by atoms with Gasteiger partial charge in [0.25, 0.3) is 0 Å². The van der Waals surface area contributed by atoms with Crippen molar-refractivity contribution >= 4 is 17.6 Å². The smallest absolute Gasteiger partial charge is 0.170 e. The van der Waals surface area contributed by atoms with E-state index in [4.69, 9.17) is 0 Å². The van der Waals surface area contributed by atoms with Crippen LogP contribution in [0.15, 0.2) is 42.5 Å². The van der Waals surface area contributed by atoms with Crippen molar-refractivity contribution in [2.24, 2.45) is 0 Å². The van der Waals surface area contributed by atoms with Gasteiger partial charge in [0.1, 0.15) is 11.5 Å². The number of benzene rings is 2. The summed E-state index contributed by atoms with van der Waals surface area (Å²) in [7, 11) is 0. The molecule has 0 aliphatic heterocycles. The number of aromatic hydroxyl groups is 4. The molecule has 0 atom stereocenters. The lowest BCUT2D eigenvalue weighted by Crippen LogP contribution is -2.05. The number of allylic oxidation sites excluding steroid dienone is 1. The Kier molecular flexibility index (Phi) is 4.66. The topological polar surface area (TPSA) is 115 Å². The first kappa shape index (κ1) is 16.1. The number of phenols is 4. The van der Waals surface area contributed by atoms with Crippen molar-refractivity contribution in [2.45, 2.75) is 6.42 Å². The predicted octanol–water partition coefficient (Wildman–Crippen LogP) is 2.36. The molecule has 0 bridgehead atoms. The van der Waals surface area contributed by atoms with Crippen LogP contribution >= 0.6 is 0 Å². The average Bonchev–Trinajstić information content (AvgIpc) is 2.50. The number of rotatable bonds is 5. The summed E-state index contributed by atoms with van der Waals surface area (Å²) in [5, 5.41) is 37.4. The molecule has 2 rings (SSSR count). The minimum Gasteiger partial charge on any atom is -0.508 e. The second-order valence-corrected chi connectivity index (χ2v) is 4.85. The van der Waals surface area contributed by atoms with E-state index in [9.17, 15) is 30.0 Å². The number of phenolic OH excluding ortho intramolecular Hbond substituents is 4. The van der Waals surface area contributed by atoms with Gasteiger partial charge in [0.15, 0.2) is 23.1 Å². The first-order valence-electron chi connectivity index (χ1n) is 6.65. The standard InChI is InChI=1S/C17H14O6/c18-12-4-6-14(20)10(7-12)1-3-13(19)9-16(22)11-2-5-15(21)17(23)8-11/h1-8,18,20-21,23H,9H2/b3-1+. The van der Waals surface area contributed by atoms with E-state index in [1.165, 1.54) is 30.3 Å². The SMILES string of the molecule is O=C(/C=C/c1cc(O)ccc1O)CC(=O)c1ccc(O)c(O)c1. The van der Waals surface area contributed by atoms with E-state index in [-0.39, 0.29) is 28.4 Å². The second-order valence-electron chi connectivity index (χ2n) is 4.85. The average molecular weight is 314 g/mol. The zero-order chi connectivity index (χ0) is 17.0. The summed E-state index contributed by atoms with van der Waals surface area (Å²) in [6.07, 6.45) is 1.98. The maximum absolute atomic E-state index is 11.9. The molecule has 6 nitrogen and oxygen atoms in total. The van der Waals surface area contributed by atoms with Crippen LogP contribution in [0.4, 0.5) is 0 Å². The molecule has 0 fully saturated rings. The maximum Gasteiger partial charge on any atom is 0.170 e. The van der Waals surface area contributed by atoms with E-state index in [1.54, 1.807) is 0 Å². The van der Waals surface area contributed by atoms with Crippen molar-refractivity contribution in [3.63, 3.8) is 0 Å². The first-order valence-corrected chi connectivity index (χ1v) is 6.65. The Labute approximate surface area is 131 Å². The van der Waals surface area contributed by atoms with Gasteiger partial charge in [-0.3, -0.25) is 9.59 Å². The van der Waals surface area contributed by atoms with E-state index in [0.29, 0.717) is 0 Å². The normalized spacial score (nSPS) is 10.8. The number of hydrogen-bond donors (Lipinski definition) is 4. The van der Waals surface area contributed by atoms with Gasteiger partial charge in [-0.25, -0.2) is 0 Å². The van der Waals surface area contributed by atoms with Crippen LogP contribution < -0.4 is 0 Å². The molecule has 23 heavy (non-hydrogen) atoms. The summed E-state index contributed by atoms with van der Waals surface area (Å²) >= 11 is 0. The van der Waals surface area contributed by atoms with E-state index in [2.05, 4.69) is 0 Å². The number of Topliss-reactive ketones (excluding diaryl/α,β-unsaturated/α-hetero) is 1. The molecule has 0 aliphatic carbocycles. The lowest BCUT2D eigenvalue weighted by molar-refractivity contribution is -0.113. The zero-order valence-electron chi connectivity index (χ0n) is 11.9. The number of hydrogen-bond acceptors (Lipinski definition) is 6. The van der Waals surface area contributed by atoms with Crippen molar-refractivity contribution in [1.82, 2.24) is 0 Å². The first-order chi connectivity index (χ1) is 10.9. The zero-order valence-corrected chi connectivity index (χ0v) is 11.9. The fourth-order valence-electron chi connectivity index (χ4n) is 1.87. The van der Waals surface area contributed by atoms with Crippen LogP contribution in [0.3, 0.4) is 0 Å². The Morgan fingerprint density at radius 3 is 2.26 bits per heavy atom. The molecule has 0 spiro atoms. The minimum atomic E-state index is -0.518. The fraction of sp³-hybridized carbons (Fsp3) is 0.0588. The second kappa shape index (κ2) is 6.65. The molecule has 0 aromatic heterocycles. The van der Waals surface area contributed by atoms with E-state index >= 15 is 0 Å². The summed E-state index contributed by atoms with van der Waals surface area (Å²) in [6.45, 7) is 0. The van der Waals surface area contributed by atoms with Gasteiger partial charge in [-0.2, -0.15) is 0 Å². The van der Waals surface area contributed by atoms with Crippen LogP contribution in [0.5, 0.6) is 23.0 Å². The quantitative estimate of drug-likeness (QED) is 0.221. The molecular formula is C17H14O6. The molecule has 0 unspecified atom stereocenters. The van der Waals surface area contributed by atoms with Crippen molar-refractivity contribution in [2.75, 3.05) is 0 Å². The molecular weight excluding hydrogens is 300 g/mol. The van der Waals surface area contributed by atoms with Gasteiger partial charge in [-0.05, 0) is 48.6 Å². The van der Waals surface area contributed by atoms with E-state index in [0.717, 1.165) is 18.2 Å². The monoisotopic (exact) mass is 314 g/mol. The third-order valence-corrected chi connectivity index (χ3v) is 3.09. The maximum atomic E-state index is 11.9. The molecule has 0 radical (unpaired) electrons. The fourth-order valence-corrected chi connectivity index (χ4v) is 1.87. The van der Waals surface area contributed by atoms with Crippen LogP contribution in [0.1, 0.15) is 22.3 Å². The van der Waals surface area contributed by atoms with Gasteiger partial charge in [0.05, 0.1) is 6.42 Å². The Bertz CT molecular complexity index is 792. The highest BCUT2D eigenvalue weighted by Crippen LogP contribution is 2.26. The third kappa shape index (κ3) is 4.10. The summed E-state index contributed by atoms with van der Waals surface area (Å²) in [5.74, 6) is -2.00. The highest BCUT2D eigenvalue weighted by molar-refractivity contribution is 6.12. The summed E-state index contributed by atoms with van der Waals surface area (Å²) < 4.78 is 0. The predicted molar refractivity (Wildman–Crippen MR) is 82.5 cm³/mol. The van der Waals surface area contributed by atoms with Crippen LogP contribution in [-0.2, 0) is 4.79 Å². The third-order valence-electron chi connectivity index (χ3n) is 3.09. The highest BCUT2D eigenvalue weighted by atomic mass is 16.3. The number of carbonyl (C=O) groups excluding carboxylic acids is 2. The molecule has 0 saturated carbocycles. The van der Waals surface area contributed by atoms with Crippen LogP contribution in [-0.4, -0.2) is 32.0 Å². The lowest BCUT2D eigenvalue weighted by atomic mass is 10.0. The largest absolute Gasteiger partial charge is 0.508 e. The van der Waals surface area contributed by atoms with Crippen molar-refractivity contribution in [3.05, 3.63) is 53.6 Å². The van der Waals surface area contributed by atoms with E-state index < -0.39 is 23.7 Å². The lowest BCUT2D eigenvalue weighted by Gasteiger charge is -2.02. The Morgan fingerprint density at radius 2 is 1.57 bits per heavy atom. The molecule has 0 aliphatic rings. The van der Waals surface area contributed by atoms with Crippen molar-refractivity contribution < 1.29 is 30.0 Å². The Balaban J connectivity index is 2.06. The van der Waals surface area contributed by atoms with Crippen molar-refractivity contribution in [1.29, 1.82) is 0 Å². The Morgan fingerprint density at radius 1 is 0.870 bits per heavy atom. The van der Waals surface area contributed by atoms with Gasteiger partial charge in [0.2, 0.25) is 0 Å². The van der Waals surface area contributed by atoms with E-state index in [1.807, 2.05) is 0 Å². The number of carbonyl (C=O) groups is 2. The Hall–Kier alpha value is -3.28. The van der Waals surface area contributed by atoms with Gasteiger partial charge >= 0.3 is 0 Å². The minimum absolute atomic E-state index is 0.0643. The van der Waals surface area contributed by atoms with Gasteiger partial charge in [-0.15, -0.1) is 0 Å². The van der Waals surface area contributed by atoms with Gasteiger partial charge in [-0.1, -0.05) is 0 Å². The van der Waals surface area contributed by atoms with Crippen LogP contribution in [0.25, 0.3) is 6.08 Å². The molecule has 6 heteroatoms. The highest BCUT2D eigenvalue weighted by Gasteiger charge is 2.12. The van der Waals surface area contributed by atoms with Gasteiger partial charge < -0.3 is 20.4 Å². The van der Waals surface area contributed by atoms with Gasteiger partial charge in [0, 0.05) is 11.1 Å². The van der Waals surface area contributed by atoms with Crippen molar-refractivity contribution in [3.8, 4) is 23.0 Å². The summed E-state index contributed by atoms with van der Waals surface area (Å²) in [4.78, 5) is 23.7. The molecule has 0 amide bonds. The molecule has 0 heterocycles. The summed E-state index contributed by atoms with van der Waals surface area (Å²) in [6, 6.07) is 7.40. The number of ketones is 2. The molecule has 2 aromatic carbocycles. The van der Waals surface area contributed by atoms with Crippen LogP contribution in [0.2, 0.25) is 0 Å². The summed E-state index contributed by atoms with van der Waals surface area (Å²) in [5.41, 5.74) is 0.343. The molecule has 4 N–H and O–H groups in total.